The Balaban J connectivity index is 1.57. The van der Waals surface area contributed by atoms with Gasteiger partial charge in [-0.1, -0.05) is 16.6 Å². The van der Waals surface area contributed by atoms with Crippen LogP contribution in [0.25, 0.3) is 11.3 Å². The summed E-state index contributed by atoms with van der Waals surface area (Å²) in [7, 11) is 0. The third-order valence-electron chi connectivity index (χ3n) is 4.93. The van der Waals surface area contributed by atoms with E-state index in [4.69, 9.17) is 5.11 Å². The third kappa shape index (κ3) is 4.03. The van der Waals surface area contributed by atoms with E-state index in [0.717, 1.165) is 11.3 Å². The van der Waals surface area contributed by atoms with Gasteiger partial charge in [0.15, 0.2) is 0 Å². The summed E-state index contributed by atoms with van der Waals surface area (Å²) >= 11 is 1.26. The number of nitrogens with zero attached hydrogens (tertiary/aromatic N) is 6. The average Bonchev–Trinajstić information content (AvgIpc) is 3.29. The molecular formula is C18H17N7O4S. The van der Waals surface area contributed by atoms with Crippen LogP contribution >= 0.6 is 11.5 Å². The summed E-state index contributed by atoms with van der Waals surface area (Å²) in [5.74, 6) is -1.02. The number of piperidine rings is 1. The molecule has 0 unspecified atom stereocenters. The first-order chi connectivity index (χ1) is 14.5. The topological polar surface area (TPSA) is 147 Å². The molecule has 0 spiro atoms. The molecule has 1 saturated heterocycles. The second-order valence-electron chi connectivity index (χ2n) is 6.74. The molecule has 0 radical (unpaired) electrons. The van der Waals surface area contributed by atoms with Crippen molar-refractivity contribution in [3.05, 3.63) is 46.1 Å². The van der Waals surface area contributed by atoms with Gasteiger partial charge in [-0.05, 0) is 36.5 Å². The van der Waals surface area contributed by atoms with Gasteiger partial charge >= 0.3 is 11.7 Å². The highest BCUT2D eigenvalue weighted by Crippen LogP contribution is 2.35. The number of nitrogens with one attached hydrogen (secondary N) is 1. The van der Waals surface area contributed by atoms with Crippen LogP contribution in [0.15, 0.2) is 36.0 Å². The summed E-state index contributed by atoms with van der Waals surface area (Å²) in [6.45, 7) is 0.759. The Labute approximate surface area is 174 Å². The number of anilines is 3. The van der Waals surface area contributed by atoms with Crippen molar-refractivity contribution in [3.63, 3.8) is 0 Å². The first-order valence-corrected chi connectivity index (χ1v) is 9.98. The van der Waals surface area contributed by atoms with Gasteiger partial charge in [-0.2, -0.15) is 0 Å². The molecule has 2 N–H and O–H groups in total. The van der Waals surface area contributed by atoms with E-state index >= 15 is 0 Å². The fourth-order valence-electron chi connectivity index (χ4n) is 3.35. The number of rotatable bonds is 6. The van der Waals surface area contributed by atoms with E-state index in [1.165, 1.54) is 17.9 Å². The Kier molecular flexibility index (Phi) is 5.48. The molecule has 3 heterocycles. The molecule has 0 bridgehead atoms. The first kappa shape index (κ1) is 19.6. The molecule has 0 aliphatic carbocycles. The van der Waals surface area contributed by atoms with Gasteiger partial charge in [0.1, 0.15) is 12.0 Å². The lowest BCUT2D eigenvalue weighted by Crippen LogP contribution is -2.37. The average molecular weight is 427 g/mol. The predicted molar refractivity (Wildman–Crippen MR) is 110 cm³/mol. The molecule has 0 amide bonds. The van der Waals surface area contributed by atoms with Crippen molar-refractivity contribution in [3.8, 4) is 11.3 Å². The molecule has 2 aromatic heterocycles. The molecule has 0 saturated carbocycles. The van der Waals surface area contributed by atoms with Gasteiger partial charge in [0.25, 0.3) is 0 Å². The molecule has 1 aliphatic rings. The molecule has 11 nitrogen and oxygen atoms in total. The van der Waals surface area contributed by atoms with Crippen molar-refractivity contribution in [1.29, 1.82) is 0 Å². The van der Waals surface area contributed by atoms with Crippen LogP contribution in [0.4, 0.5) is 23.0 Å². The summed E-state index contributed by atoms with van der Waals surface area (Å²) in [5, 5.41) is 29.8. The van der Waals surface area contributed by atoms with Gasteiger partial charge in [0.2, 0.25) is 11.6 Å². The van der Waals surface area contributed by atoms with Crippen LogP contribution in [0.3, 0.4) is 0 Å². The number of carboxylic acid groups (broad SMARTS) is 1. The molecule has 154 valence electrons. The SMILES string of the molecule is O=C(O)C1CCN(c2ncnc(Nc3ccc(-c4csnn4)cc3)c2[N+](=O)[O-])CC1. The van der Waals surface area contributed by atoms with Gasteiger partial charge in [-0.3, -0.25) is 14.9 Å². The van der Waals surface area contributed by atoms with Crippen LogP contribution in [0.1, 0.15) is 12.8 Å². The van der Waals surface area contributed by atoms with Gasteiger partial charge in [0.05, 0.1) is 10.8 Å². The van der Waals surface area contributed by atoms with Crippen molar-refractivity contribution in [2.75, 3.05) is 23.3 Å². The van der Waals surface area contributed by atoms with Crippen molar-refractivity contribution >= 4 is 40.5 Å². The molecular weight excluding hydrogens is 410 g/mol. The number of benzene rings is 1. The Bertz CT molecular complexity index is 1050. The smallest absolute Gasteiger partial charge is 0.353 e. The van der Waals surface area contributed by atoms with Crippen LogP contribution in [-0.4, -0.2) is 48.6 Å². The first-order valence-electron chi connectivity index (χ1n) is 9.14. The lowest BCUT2D eigenvalue weighted by molar-refractivity contribution is -0.383. The molecule has 1 aliphatic heterocycles. The quantitative estimate of drug-likeness (QED) is 0.444. The molecule has 4 rings (SSSR count). The van der Waals surface area contributed by atoms with Crippen LogP contribution < -0.4 is 10.2 Å². The van der Waals surface area contributed by atoms with Crippen molar-refractivity contribution in [2.24, 2.45) is 5.92 Å². The standard InChI is InChI=1S/C18H17N7O4S/c26-18(27)12-5-7-24(8-6-12)17-15(25(28)29)16(19-10-20-17)21-13-3-1-11(2-4-13)14-9-30-23-22-14/h1-4,9-10,12H,5-8H2,(H,26,27)(H,19,20,21). The van der Waals surface area contributed by atoms with Gasteiger partial charge < -0.3 is 15.3 Å². The van der Waals surface area contributed by atoms with Gasteiger partial charge in [-0.25, -0.2) is 9.97 Å². The fraction of sp³-hybridized carbons (Fsp3) is 0.278. The predicted octanol–water partition coefficient (Wildman–Crippen LogP) is 2.95. The molecule has 0 atom stereocenters. The van der Waals surface area contributed by atoms with E-state index in [2.05, 4.69) is 24.9 Å². The molecule has 30 heavy (non-hydrogen) atoms. The van der Waals surface area contributed by atoms with Crippen molar-refractivity contribution in [2.45, 2.75) is 12.8 Å². The van der Waals surface area contributed by atoms with E-state index in [1.807, 2.05) is 17.5 Å². The number of hydrogen-bond donors (Lipinski definition) is 2. The number of carbonyl (C=O) groups is 1. The molecule has 3 aromatic rings. The lowest BCUT2D eigenvalue weighted by atomic mass is 9.97. The Morgan fingerprint density at radius 3 is 2.57 bits per heavy atom. The largest absolute Gasteiger partial charge is 0.481 e. The summed E-state index contributed by atoms with van der Waals surface area (Å²) in [5.41, 5.74) is 2.03. The van der Waals surface area contributed by atoms with Gasteiger partial charge in [0, 0.05) is 29.7 Å². The minimum Gasteiger partial charge on any atom is -0.481 e. The van der Waals surface area contributed by atoms with Crippen LogP contribution in [0.2, 0.25) is 0 Å². The highest BCUT2D eigenvalue weighted by atomic mass is 32.1. The monoisotopic (exact) mass is 427 g/mol. The van der Waals surface area contributed by atoms with E-state index in [-0.39, 0.29) is 17.3 Å². The highest BCUT2D eigenvalue weighted by Gasteiger charge is 2.31. The second kappa shape index (κ2) is 8.37. The summed E-state index contributed by atoms with van der Waals surface area (Å²) in [6, 6.07) is 7.23. The second-order valence-corrected chi connectivity index (χ2v) is 7.35. The molecule has 1 fully saturated rings. The molecule has 12 heteroatoms. The van der Waals surface area contributed by atoms with Crippen LogP contribution in [0.5, 0.6) is 0 Å². The Morgan fingerprint density at radius 1 is 1.23 bits per heavy atom. The van der Waals surface area contributed by atoms with Crippen LogP contribution in [0, 0.1) is 16.0 Å². The Morgan fingerprint density at radius 2 is 1.97 bits per heavy atom. The van der Waals surface area contributed by atoms with E-state index in [1.54, 1.807) is 17.0 Å². The third-order valence-corrected chi connectivity index (χ3v) is 5.44. The zero-order valence-electron chi connectivity index (χ0n) is 15.6. The maximum Gasteiger partial charge on any atom is 0.353 e. The zero-order valence-corrected chi connectivity index (χ0v) is 16.4. The zero-order chi connectivity index (χ0) is 21.1. The minimum atomic E-state index is -0.842. The van der Waals surface area contributed by atoms with E-state index in [0.29, 0.717) is 31.6 Å². The molecule has 1 aromatic carbocycles. The summed E-state index contributed by atoms with van der Waals surface area (Å²) in [6.07, 6.45) is 2.08. The normalized spacial score (nSPS) is 14.5. The minimum absolute atomic E-state index is 0.0773. The highest BCUT2D eigenvalue weighted by molar-refractivity contribution is 7.03. The number of nitro groups is 1. The number of carboxylic acids is 1. The maximum absolute atomic E-state index is 11.8. The summed E-state index contributed by atoms with van der Waals surface area (Å²) in [4.78, 5) is 32.4. The number of aliphatic carboxylic acids is 1. The number of hydrogen-bond acceptors (Lipinski definition) is 10. The lowest BCUT2D eigenvalue weighted by Gasteiger charge is -2.30. The van der Waals surface area contributed by atoms with Crippen molar-refractivity contribution < 1.29 is 14.8 Å². The number of aromatic nitrogens is 4. The van der Waals surface area contributed by atoms with Gasteiger partial charge in [-0.15, -0.1) is 5.10 Å². The van der Waals surface area contributed by atoms with E-state index in [9.17, 15) is 14.9 Å². The fourth-order valence-corrected chi connectivity index (χ4v) is 3.82. The Hall–Kier alpha value is -3.67. The maximum atomic E-state index is 11.8. The van der Waals surface area contributed by atoms with Crippen LogP contribution in [-0.2, 0) is 4.79 Å². The van der Waals surface area contributed by atoms with E-state index < -0.39 is 16.8 Å². The van der Waals surface area contributed by atoms with Crippen molar-refractivity contribution in [1.82, 2.24) is 19.6 Å². The summed E-state index contributed by atoms with van der Waals surface area (Å²) < 4.78 is 3.84.